The minimum absolute atomic E-state index is 0.0749. The lowest BCUT2D eigenvalue weighted by atomic mass is 9.79. The first kappa shape index (κ1) is 31.1. The van der Waals surface area contributed by atoms with Crippen LogP contribution < -0.4 is 4.90 Å². The molecule has 4 aromatic carbocycles. The summed E-state index contributed by atoms with van der Waals surface area (Å²) in [7, 11) is 3.93. The molecule has 0 N–H and O–H groups in total. The summed E-state index contributed by atoms with van der Waals surface area (Å²) in [6.07, 6.45) is 17.6. The van der Waals surface area contributed by atoms with Gasteiger partial charge in [-0.05, 0) is 84.0 Å². The Kier molecular flexibility index (Phi) is 8.90. The molecule has 0 aliphatic carbocycles. The van der Waals surface area contributed by atoms with E-state index in [9.17, 15) is 0 Å². The molecule has 2 aliphatic heterocycles. The van der Waals surface area contributed by atoms with Gasteiger partial charge in [0.1, 0.15) is 7.05 Å². The molecule has 4 aromatic rings. The maximum Gasteiger partial charge on any atom is 0.210 e. The van der Waals surface area contributed by atoms with Crippen molar-refractivity contribution >= 4 is 50.7 Å². The highest BCUT2D eigenvalue weighted by atomic mass is 32.2. The van der Waals surface area contributed by atoms with Crippen molar-refractivity contribution in [3.63, 3.8) is 0 Å². The van der Waals surface area contributed by atoms with Gasteiger partial charge in [0.2, 0.25) is 5.69 Å². The van der Waals surface area contributed by atoms with E-state index >= 15 is 0 Å². The fourth-order valence-corrected chi connectivity index (χ4v) is 7.96. The van der Waals surface area contributed by atoms with Crippen LogP contribution in [0.5, 0.6) is 0 Å². The van der Waals surface area contributed by atoms with E-state index in [2.05, 4.69) is 160 Å². The van der Waals surface area contributed by atoms with Gasteiger partial charge in [-0.1, -0.05) is 98.8 Å². The molecular formula is C41H45N2OS+. The molecule has 0 radical (unpaired) electrons. The minimum atomic E-state index is -0.0973. The molecule has 0 atom stereocenters. The standard InChI is InChI=1S/C41H45N2OS/c1-40(2)36(42(5)34-26-24-30-18-12-14-20-32(30)38(34)40)22-10-8-7-9-11-23-37-41(3,4)39-33-21-15-13-19-31(33)25-27-35(39)43(37)28-16-17-29-45-44-6/h7-15,18-27H,16-17,28-29H2,1-6H3/q+1. The molecule has 0 fully saturated rings. The first-order chi connectivity index (χ1) is 21.8. The number of benzene rings is 4. The summed E-state index contributed by atoms with van der Waals surface area (Å²) in [4.78, 5) is 2.54. The van der Waals surface area contributed by atoms with E-state index in [1.807, 2.05) is 0 Å². The molecule has 0 saturated heterocycles. The summed E-state index contributed by atoms with van der Waals surface area (Å²) in [5.74, 6) is 1.02. The molecule has 230 valence electrons. The molecule has 45 heavy (non-hydrogen) atoms. The molecule has 0 unspecified atom stereocenters. The zero-order valence-corrected chi connectivity index (χ0v) is 28.3. The van der Waals surface area contributed by atoms with Crippen molar-refractivity contribution in [1.82, 2.24) is 0 Å². The third-order valence-corrected chi connectivity index (χ3v) is 10.3. The second-order valence-electron chi connectivity index (χ2n) is 13.1. The number of rotatable bonds is 10. The zero-order valence-electron chi connectivity index (χ0n) is 27.5. The Morgan fingerprint density at radius 2 is 1.38 bits per heavy atom. The van der Waals surface area contributed by atoms with Gasteiger partial charge in [-0.2, -0.15) is 4.58 Å². The van der Waals surface area contributed by atoms with Crippen LogP contribution in [0.4, 0.5) is 11.4 Å². The monoisotopic (exact) mass is 613 g/mol. The van der Waals surface area contributed by atoms with Gasteiger partial charge in [0.15, 0.2) is 5.71 Å². The van der Waals surface area contributed by atoms with Crippen LogP contribution in [-0.2, 0) is 15.0 Å². The Morgan fingerprint density at radius 3 is 2.11 bits per heavy atom. The van der Waals surface area contributed by atoms with Gasteiger partial charge in [0.25, 0.3) is 0 Å². The predicted octanol–water partition coefficient (Wildman–Crippen LogP) is 10.4. The molecule has 4 heteroatoms. The molecule has 0 spiro atoms. The average Bonchev–Trinajstić information content (AvgIpc) is 3.38. The van der Waals surface area contributed by atoms with Gasteiger partial charge in [0.05, 0.1) is 12.5 Å². The van der Waals surface area contributed by atoms with Gasteiger partial charge >= 0.3 is 0 Å². The van der Waals surface area contributed by atoms with Crippen LogP contribution in [0.3, 0.4) is 0 Å². The molecule has 6 rings (SSSR count). The number of nitrogens with zero attached hydrogens (tertiary/aromatic N) is 2. The van der Waals surface area contributed by atoms with Crippen molar-refractivity contribution in [2.45, 2.75) is 51.4 Å². The van der Waals surface area contributed by atoms with Crippen LogP contribution in [0.25, 0.3) is 21.5 Å². The van der Waals surface area contributed by atoms with Crippen molar-refractivity contribution in [2.75, 3.05) is 31.4 Å². The molecule has 0 saturated carbocycles. The van der Waals surface area contributed by atoms with Crippen molar-refractivity contribution in [3.8, 4) is 0 Å². The van der Waals surface area contributed by atoms with E-state index in [1.165, 1.54) is 55.5 Å². The van der Waals surface area contributed by atoms with Crippen LogP contribution in [0, 0.1) is 0 Å². The van der Waals surface area contributed by atoms with Crippen molar-refractivity contribution in [3.05, 3.63) is 132 Å². The van der Waals surface area contributed by atoms with Crippen molar-refractivity contribution in [2.24, 2.45) is 0 Å². The van der Waals surface area contributed by atoms with Crippen LogP contribution >= 0.6 is 12.0 Å². The van der Waals surface area contributed by atoms with Crippen LogP contribution in [0.15, 0.2) is 121 Å². The second kappa shape index (κ2) is 12.9. The normalized spacial score (nSPS) is 18.1. The van der Waals surface area contributed by atoms with Gasteiger partial charge in [-0.15, -0.1) is 0 Å². The number of hydrogen-bond acceptors (Lipinski definition) is 3. The minimum Gasteiger partial charge on any atom is -0.344 e. The largest absolute Gasteiger partial charge is 0.344 e. The summed E-state index contributed by atoms with van der Waals surface area (Å²) in [5.41, 5.74) is 7.96. The van der Waals surface area contributed by atoms with E-state index in [-0.39, 0.29) is 10.8 Å². The lowest BCUT2D eigenvalue weighted by Crippen LogP contribution is -2.27. The lowest BCUT2D eigenvalue weighted by Gasteiger charge is -2.27. The van der Waals surface area contributed by atoms with Gasteiger partial charge in [-0.25, -0.2) is 0 Å². The van der Waals surface area contributed by atoms with E-state index in [4.69, 9.17) is 4.18 Å². The fraction of sp³-hybridized carbons (Fsp3) is 0.293. The summed E-state index contributed by atoms with van der Waals surface area (Å²) in [5, 5.41) is 5.30. The number of unbranched alkanes of at least 4 members (excludes halogenated alkanes) is 1. The SMILES string of the molecule is COSCCCCN1\C(=C/C=C/C=C/C=C\C2=[N+](C)c3ccc4ccccc4c3C2(C)C)C(C)(C)c2c1ccc1ccccc21. The Balaban J connectivity index is 1.22. The Bertz CT molecular complexity index is 1890. The van der Waals surface area contributed by atoms with Crippen LogP contribution in [-0.4, -0.2) is 36.7 Å². The summed E-state index contributed by atoms with van der Waals surface area (Å²) < 4.78 is 7.55. The molecule has 2 aliphatic rings. The van der Waals surface area contributed by atoms with Gasteiger partial charge in [-0.3, -0.25) is 0 Å². The molecule has 0 amide bonds. The highest BCUT2D eigenvalue weighted by Gasteiger charge is 2.44. The quantitative estimate of drug-likeness (QED) is 0.0766. The van der Waals surface area contributed by atoms with Crippen LogP contribution in [0.1, 0.15) is 51.7 Å². The zero-order chi connectivity index (χ0) is 31.6. The third-order valence-electron chi connectivity index (χ3n) is 9.58. The molecule has 0 aromatic heterocycles. The molecule has 2 heterocycles. The first-order valence-electron chi connectivity index (χ1n) is 16.1. The first-order valence-corrected chi connectivity index (χ1v) is 17.0. The number of hydrogen-bond donors (Lipinski definition) is 0. The highest BCUT2D eigenvalue weighted by molar-refractivity contribution is 7.94. The third kappa shape index (κ3) is 5.71. The molecule has 0 bridgehead atoms. The predicted molar refractivity (Wildman–Crippen MR) is 196 cm³/mol. The van der Waals surface area contributed by atoms with Gasteiger partial charge < -0.3 is 9.08 Å². The summed E-state index contributed by atoms with van der Waals surface area (Å²) in [6, 6.07) is 26.6. The summed E-state index contributed by atoms with van der Waals surface area (Å²) in [6.45, 7) is 10.4. The lowest BCUT2D eigenvalue weighted by molar-refractivity contribution is -0.401. The number of fused-ring (bicyclic) bond motifs is 6. The molecular weight excluding hydrogens is 569 g/mol. The van der Waals surface area contributed by atoms with Gasteiger partial charge in [0, 0.05) is 46.8 Å². The Morgan fingerprint density at radius 1 is 0.733 bits per heavy atom. The molecule has 3 nitrogen and oxygen atoms in total. The highest BCUT2D eigenvalue weighted by Crippen LogP contribution is 2.51. The Hall–Kier alpha value is -3.86. The average molecular weight is 614 g/mol. The number of allylic oxidation sites excluding steroid dienone is 8. The maximum atomic E-state index is 5.21. The van der Waals surface area contributed by atoms with Crippen molar-refractivity contribution < 1.29 is 8.76 Å². The summed E-state index contributed by atoms with van der Waals surface area (Å²) >= 11 is 1.55. The maximum absolute atomic E-state index is 5.21. The Labute approximate surface area is 273 Å². The van der Waals surface area contributed by atoms with E-state index in [0.29, 0.717) is 0 Å². The van der Waals surface area contributed by atoms with E-state index in [1.54, 1.807) is 19.2 Å². The van der Waals surface area contributed by atoms with Crippen LogP contribution in [0.2, 0.25) is 0 Å². The van der Waals surface area contributed by atoms with E-state index in [0.717, 1.165) is 25.1 Å². The smallest absolute Gasteiger partial charge is 0.210 e. The van der Waals surface area contributed by atoms with E-state index < -0.39 is 0 Å². The number of anilines is 1. The topological polar surface area (TPSA) is 15.5 Å². The fourth-order valence-electron chi connectivity index (χ4n) is 7.47. The van der Waals surface area contributed by atoms with Crippen molar-refractivity contribution in [1.29, 1.82) is 0 Å². The second-order valence-corrected chi connectivity index (χ2v) is 14.1.